The predicted molar refractivity (Wildman–Crippen MR) is 111 cm³/mol. The van der Waals surface area contributed by atoms with Crippen molar-refractivity contribution in [3.05, 3.63) is 33.8 Å². The highest BCUT2D eigenvalue weighted by molar-refractivity contribution is 7.99. The van der Waals surface area contributed by atoms with Gasteiger partial charge >= 0.3 is 0 Å². The van der Waals surface area contributed by atoms with Crippen LogP contribution in [0.5, 0.6) is 0 Å². The molecule has 8 heteroatoms. The van der Waals surface area contributed by atoms with Crippen molar-refractivity contribution >= 4 is 46.8 Å². The Kier molecular flexibility index (Phi) is 7.31. The van der Waals surface area contributed by atoms with E-state index in [1.165, 1.54) is 11.8 Å². The summed E-state index contributed by atoms with van der Waals surface area (Å²) in [5.74, 6) is 1.15. The standard InChI is InChI=1S/C19H25Cl2N3O2S/c1-22-7-9-23(10-8-22)19(26)17-3-2-6-24(17)18(25)13-27-12-14-4-5-15(20)11-16(14)21/h4-5,11,17H,2-3,6-10,12-13H2,1H3. The molecule has 0 aliphatic carbocycles. The van der Waals surface area contributed by atoms with Gasteiger partial charge in [-0.15, -0.1) is 11.8 Å². The lowest BCUT2D eigenvalue weighted by atomic mass is 10.1. The maximum Gasteiger partial charge on any atom is 0.245 e. The van der Waals surface area contributed by atoms with Crippen molar-refractivity contribution in [1.29, 1.82) is 0 Å². The minimum absolute atomic E-state index is 0.0371. The Hall–Kier alpha value is -0.950. The first-order valence-corrected chi connectivity index (χ1v) is 11.2. The SMILES string of the molecule is CN1CCN(C(=O)C2CCCN2C(=O)CSCc2ccc(Cl)cc2Cl)CC1. The maximum atomic E-state index is 12.9. The summed E-state index contributed by atoms with van der Waals surface area (Å²) in [5.41, 5.74) is 0.963. The van der Waals surface area contributed by atoms with Crippen LogP contribution in [-0.2, 0) is 15.3 Å². The molecule has 3 rings (SSSR count). The summed E-state index contributed by atoms with van der Waals surface area (Å²) in [6, 6.07) is 5.11. The summed E-state index contributed by atoms with van der Waals surface area (Å²) < 4.78 is 0. The number of thioether (sulfide) groups is 1. The summed E-state index contributed by atoms with van der Waals surface area (Å²) >= 11 is 13.6. The molecule has 27 heavy (non-hydrogen) atoms. The van der Waals surface area contributed by atoms with Gasteiger partial charge in [0, 0.05) is 48.5 Å². The van der Waals surface area contributed by atoms with E-state index in [4.69, 9.17) is 23.2 Å². The topological polar surface area (TPSA) is 43.9 Å². The molecule has 0 radical (unpaired) electrons. The Morgan fingerprint density at radius 3 is 2.59 bits per heavy atom. The average Bonchev–Trinajstić information content (AvgIpc) is 3.13. The number of carbonyl (C=O) groups excluding carboxylic acids is 2. The molecule has 0 aromatic heterocycles. The number of carbonyl (C=O) groups is 2. The summed E-state index contributed by atoms with van der Waals surface area (Å²) in [6.07, 6.45) is 1.66. The van der Waals surface area contributed by atoms with Gasteiger partial charge in [-0.25, -0.2) is 0 Å². The van der Waals surface area contributed by atoms with Gasteiger partial charge < -0.3 is 14.7 Å². The molecule has 5 nitrogen and oxygen atoms in total. The van der Waals surface area contributed by atoms with Gasteiger partial charge in [0.2, 0.25) is 11.8 Å². The number of benzene rings is 1. The molecule has 2 fully saturated rings. The van der Waals surface area contributed by atoms with Crippen LogP contribution in [0.3, 0.4) is 0 Å². The maximum absolute atomic E-state index is 12.9. The highest BCUT2D eigenvalue weighted by atomic mass is 35.5. The molecular weight excluding hydrogens is 405 g/mol. The van der Waals surface area contributed by atoms with Gasteiger partial charge in [-0.2, -0.15) is 0 Å². The minimum atomic E-state index is -0.291. The molecule has 2 amide bonds. The van der Waals surface area contributed by atoms with Gasteiger partial charge in [0.05, 0.1) is 5.75 Å². The van der Waals surface area contributed by atoms with Gasteiger partial charge in [0.25, 0.3) is 0 Å². The van der Waals surface area contributed by atoms with E-state index < -0.39 is 0 Å². The van der Waals surface area contributed by atoms with Crippen molar-refractivity contribution in [2.24, 2.45) is 0 Å². The molecule has 0 saturated carbocycles. The van der Waals surface area contributed by atoms with Crippen LogP contribution in [-0.4, -0.2) is 78.1 Å². The molecule has 1 unspecified atom stereocenters. The van der Waals surface area contributed by atoms with E-state index in [-0.39, 0.29) is 17.9 Å². The number of likely N-dealkylation sites (N-methyl/N-ethyl adjacent to an activating group) is 1. The second-order valence-corrected chi connectivity index (χ2v) is 8.93. The van der Waals surface area contributed by atoms with E-state index in [1.807, 2.05) is 11.0 Å². The van der Waals surface area contributed by atoms with Crippen molar-refractivity contribution in [2.45, 2.75) is 24.6 Å². The Morgan fingerprint density at radius 1 is 1.15 bits per heavy atom. The van der Waals surface area contributed by atoms with Crippen molar-refractivity contribution in [3.63, 3.8) is 0 Å². The number of piperazine rings is 1. The molecule has 2 saturated heterocycles. The minimum Gasteiger partial charge on any atom is -0.338 e. The van der Waals surface area contributed by atoms with Crippen LogP contribution in [0.1, 0.15) is 18.4 Å². The van der Waals surface area contributed by atoms with E-state index in [0.29, 0.717) is 28.1 Å². The van der Waals surface area contributed by atoms with Crippen molar-refractivity contribution in [3.8, 4) is 0 Å². The van der Waals surface area contributed by atoms with Crippen LogP contribution in [0, 0.1) is 0 Å². The Balaban J connectivity index is 1.51. The molecule has 0 spiro atoms. The number of likely N-dealkylation sites (tertiary alicyclic amines) is 1. The summed E-state index contributed by atoms with van der Waals surface area (Å²) in [4.78, 5) is 31.5. The monoisotopic (exact) mass is 429 g/mol. The van der Waals surface area contributed by atoms with Crippen LogP contribution in [0.2, 0.25) is 10.0 Å². The zero-order valence-corrected chi connectivity index (χ0v) is 17.8. The molecule has 1 aromatic carbocycles. The van der Waals surface area contributed by atoms with Crippen LogP contribution in [0.25, 0.3) is 0 Å². The molecule has 1 atom stereocenters. The van der Waals surface area contributed by atoms with E-state index in [0.717, 1.165) is 44.6 Å². The van der Waals surface area contributed by atoms with Gasteiger partial charge in [0.15, 0.2) is 0 Å². The molecule has 2 aliphatic heterocycles. The van der Waals surface area contributed by atoms with Crippen molar-refractivity contribution in [2.75, 3.05) is 45.5 Å². The zero-order chi connectivity index (χ0) is 19.4. The fraction of sp³-hybridized carbons (Fsp3) is 0.579. The number of hydrogen-bond donors (Lipinski definition) is 0. The highest BCUT2D eigenvalue weighted by Gasteiger charge is 2.36. The lowest BCUT2D eigenvalue weighted by molar-refractivity contribution is -0.143. The molecule has 2 aliphatic rings. The first-order chi connectivity index (χ1) is 13.0. The molecule has 0 N–H and O–H groups in total. The van der Waals surface area contributed by atoms with Gasteiger partial charge in [-0.3, -0.25) is 9.59 Å². The first-order valence-electron chi connectivity index (χ1n) is 9.24. The lowest BCUT2D eigenvalue weighted by Crippen LogP contribution is -2.53. The van der Waals surface area contributed by atoms with Gasteiger partial charge in [0.1, 0.15) is 6.04 Å². The van der Waals surface area contributed by atoms with Crippen LogP contribution in [0.4, 0.5) is 0 Å². The summed E-state index contributed by atoms with van der Waals surface area (Å²) in [6.45, 7) is 3.95. The molecule has 148 valence electrons. The molecule has 1 aromatic rings. The zero-order valence-electron chi connectivity index (χ0n) is 15.5. The van der Waals surface area contributed by atoms with Crippen LogP contribution < -0.4 is 0 Å². The third kappa shape index (κ3) is 5.31. The number of amides is 2. The largest absolute Gasteiger partial charge is 0.338 e. The Morgan fingerprint density at radius 2 is 1.89 bits per heavy atom. The smallest absolute Gasteiger partial charge is 0.245 e. The molecule has 2 heterocycles. The quantitative estimate of drug-likeness (QED) is 0.721. The van der Waals surface area contributed by atoms with Gasteiger partial charge in [-0.1, -0.05) is 29.3 Å². The average molecular weight is 430 g/mol. The van der Waals surface area contributed by atoms with Crippen LogP contribution >= 0.6 is 35.0 Å². The third-order valence-electron chi connectivity index (χ3n) is 5.17. The first kappa shape index (κ1) is 20.8. The fourth-order valence-electron chi connectivity index (χ4n) is 3.53. The van der Waals surface area contributed by atoms with Crippen molar-refractivity contribution in [1.82, 2.24) is 14.7 Å². The lowest BCUT2D eigenvalue weighted by Gasteiger charge is -2.35. The highest BCUT2D eigenvalue weighted by Crippen LogP contribution is 2.26. The molecule has 0 bridgehead atoms. The van der Waals surface area contributed by atoms with Gasteiger partial charge in [-0.05, 0) is 37.6 Å². The number of nitrogens with zero attached hydrogens (tertiary/aromatic N) is 3. The molecular formula is C19H25Cl2N3O2S. The number of hydrogen-bond acceptors (Lipinski definition) is 4. The van der Waals surface area contributed by atoms with Crippen LogP contribution in [0.15, 0.2) is 18.2 Å². The fourth-order valence-corrected chi connectivity index (χ4v) is 5.00. The second-order valence-electron chi connectivity index (χ2n) is 7.10. The summed E-state index contributed by atoms with van der Waals surface area (Å²) in [7, 11) is 2.07. The third-order valence-corrected chi connectivity index (χ3v) is 6.72. The van der Waals surface area contributed by atoms with E-state index in [1.54, 1.807) is 17.0 Å². The van der Waals surface area contributed by atoms with E-state index >= 15 is 0 Å². The number of halogens is 2. The number of rotatable bonds is 5. The normalized spacial score (nSPS) is 20.9. The predicted octanol–water partition coefficient (Wildman–Crippen LogP) is 2.99. The Bertz CT molecular complexity index is 696. The van der Waals surface area contributed by atoms with E-state index in [2.05, 4.69) is 11.9 Å². The Labute approximate surface area is 174 Å². The van der Waals surface area contributed by atoms with Crippen molar-refractivity contribution < 1.29 is 9.59 Å². The summed E-state index contributed by atoms with van der Waals surface area (Å²) in [5, 5.41) is 1.22. The van der Waals surface area contributed by atoms with E-state index in [9.17, 15) is 9.59 Å². The second kappa shape index (κ2) is 9.50.